The molecule has 0 saturated carbocycles. The Bertz CT molecular complexity index is 689. The molecular weight excluding hydrogens is 286 g/mol. The number of rotatable bonds is 4. The van der Waals surface area contributed by atoms with Crippen molar-refractivity contribution in [2.45, 2.75) is 5.75 Å². The average Bonchev–Trinajstić information content (AvgIpc) is 2.31. The topological polar surface area (TPSA) is 85.1 Å². The average molecular weight is 298 g/mol. The second-order valence-corrected chi connectivity index (χ2v) is 6.04. The van der Waals surface area contributed by atoms with E-state index in [0.29, 0.717) is 16.9 Å². The third kappa shape index (κ3) is 3.84. The predicted octanol–water partition coefficient (Wildman–Crippen LogP) is 2.26. The van der Waals surface area contributed by atoms with Crippen molar-refractivity contribution >= 4 is 33.0 Å². The van der Waals surface area contributed by atoms with Crippen molar-refractivity contribution in [2.24, 2.45) is 0 Å². The molecule has 2 aromatic rings. The quantitative estimate of drug-likeness (QED) is 0.669. The number of para-hydroxylation sites is 1. The number of benzene rings is 1. The van der Waals surface area contributed by atoms with Crippen molar-refractivity contribution in [3.8, 4) is 0 Å². The van der Waals surface area contributed by atoms with Gasteiger partial charge in [0.1, 0.15) is 5.15 Å². The van der Waals surface area contributed by atoms with E-state index in [1.165, 1.54) is 18.3 Å². The summed E-state index contributed by atoms with van der Waals surface area (Å²) < 4.78 is 26.4. The molecule has 0 aliphatic heterocycles. The molecular formula is C12H12ClN3O2S. The Kier molecular flexibility index (Phi) is 3.92. The van der Waals surface area contributed by atoms with Crippen LogP contribution in [0.4, 0.5) is 11.4 Å². The second-order valence-electron chi connectivity index (χ2n) is 3.93. The van der Waals surface area contributed by atoms with Crippen molar-refractivity contribution in [3.05, 3.63) is 53.3 Å². The molecule has 1 aromatic carbocycles. The van der Waals surface area contributed by atoms with Crippen molar-refractivity contribution < 1.29 is 8.42 Å². The summed E-state index contributed by atoms with van der Waals surface area (Å²) in [5.74, 6) is -0.195. The van der Waals surface area contributed by atoms with Crippen LogP contribution in [-0.4, -0.2) is 13.4 Å². The fraction of sp³-hybridized carbons (Fsp3) is 0.0833. The number of nitrogens with zero attached hydrogens (tertiary/aromatic N) is 1. The molecule has 0 aliphatic rings. The lowest BCUT2D eigenvalue weighted by atomic mass is 10.2. The van der Waals surface area contributed by atoms with Gasteiger partial charge >= 0.3 is 0 Å². The van der Waals surface area contributed by atoms with Gasteiger partial charge in [0.05, 0.1) is 11.4 Å². The Balaban J connectivity index is 2.18. The van der Waals surface area contributed by atoms with Gasteiger partial charge in [-0.15, -0.1) is 0 Å². The van der Waals surface area contributed by atoms with Crippen LogP contribution >= 0.6 is 11.6 Å². The van der Waals surface area contributed by atoms with Crippen molar-refractivity contribution in [1.29, 1.82) is 0 Å². The van der Waals surface area contributed by atoms with Gasteiger partial charge in [-0.25, -0.2) is 13.4 Å². The Morgan fingerprint density at radius 3 is 2.68 bits per heavy atom. The summed E-state index contributed by atoms with van der Waals surface area (Å²) in [7, 11) is -3.54. The molecule has 0 amide bonds. The molecule has 0 radical (unpaired) electrons. The molecule has 3 N–H and O–H groups in total. The second kappa shape index (κ2) is 5.46. The molecule has 0 atom stereocenters. The lowest BCUT2D eigenvalue weighted by Crippen LogP contribution is -2.16. The van der Waals surface area contributed by atoms with Crippen LogP contribution < -0.4 is 10.5 Å². The normalized spacial score (nSPS) is 11.2. The molecule has 5 nitrogen and oxygen atoms in total. The highest BCUT2D eigenvalue weighted by Gasteiger charge is 2.13. The highest BCUT2D eigenvalue weighted by atomic mass is 35.5. The Labute approximate surface area is 116 Å². The first kappa shape index (κ1) is 13.6. The molecule has 0 unspecified atom stereocenters. The van der Waals surface area contributed by atoms with Gasteiger partial charge in [0.15, 0.2) is 0 Å². The van der Waals surface area contributed by atoms with E-state index in [-0.39, 0.29) is 10.9 Å². The molecule has 19 heavy (non-hydrogen) atoms. The number of nitrogens with one attached hydrogen (secondary N) is 1. The van der Waals surface area contributed by atoms with Crippen molar-refractivity contribution in [1.82, 2.24) is 4.98 Å². The minimum atomic E-state index is -3.54. The van der Waals surface area contributed by atoms with Gasteiger partial charge in [-0.2, -0.15) is 0 Å². The summed E-state index contributed by atoms with van der Waals surface area (Å²) in [6.07, 6.45) is 1.43. The Hall–Kier alpha value is -1.79. The third-order valence-electron chi connectivity index (χ3n) is 2.40. The lowest BCUT2D eigenvalue weighted by Gasteiger charge is -2.09. The number of sulfonamides is 1. The van der Waals surface area contributed by atoms with E-state index in [4.69, 9.17) is 17.3 Å². The number of aromatic nitrogens is 1. The van der Waals surface area contributed by atoms with Crippen LogP contribution in [0.3, 0.4) is 0 Å². The number of nitrogens with two attached hydrogens (primary N) is 1. The fourth-order valence-electron chi connectivity index (χ4n) is 1.55. The monoisotopic (exact) mass is 297 g/mol. The van der Waals surface area contributed by atoms with Gasteiger partial charge < -0.3 is 5.73 Å². The Morgan fingerprint density at radius 1 is 1.26 bits per heavy atom. The fourth-order valence-corrected chi connectivity index (χ4v) is 2.96. The highest BCUT2D eigenvalue weighted by molar-refractivity contribution is 7.91. The number of hydrogen-bond donors (Lipinski definition) is 2. The standard InChI is InChI=1S/C12H12ClN3O2S/c13-12-7-10(5-6-15-12)16-19(17,18)8-9-3-1-2-4-11(9)14/h1-7H,8,14H2,(H,15,16). The van der Waals surface area contributed by atoms with E-state index in [0.717, 1.165) is 0 Å². The summed E-state index contributed by atoms with van der Waals surface area (Å²) in [4.78, 5) is 3.78. The third-order valence-corrected chi connectivity index (χ3v) is 3.84. The van der Waals surface area contributed by atoms with Gasteiger partial charge in [-0.05, 0) is 23.8 Å². The highest BCUT2D eigenvalue weighted by Crippen LogP contribution is 2.18. The first-order valence-electron chi connectivity index (χ1n) is 5.42. The van der Waals surface area contributed by atoms with Gasteiger partial charge in [-0.1, -0.05) is 29.8 Å². The number of nitrogen functional groups attached to an aromatic ring is 1. The number of anilines is 2. The van der Waals surface area contributed by atoms with E-state index in [1.807, 2.05) is 0 Å². The summed E-state index contributed by atoms with van der Waals surface area (Å²) in [6, 6.07) is 9.79. The smallest absolute Gasteiger partial charge is 0.236 e. The van der Waals surface area contributed by atoms with E-state index in [2.05, 4.69) is 9.71 Å². The van der Waals surface area contributed by atoms with Crippen LogP contribution in [0, 0.1) is 0 Å². The van der Waals surface area contributed by atoms with Crippen molar-refractivity contribution in [3.63, 3.8) is 0 Å². The largest absolute Gasteiger partial charge is 0.398 e. The first-order chi connectivity index (χ1) is 8.96. The zero-order chi connectivity index (χ0) is 13.9. The van der Waals surface area contributed by atoms with E-state index in [9.17, 15) is 8.42 Å². The van der Waals surface area contributed by atoms with Crippen LogP contribution in [0.15, 0.2) is 42.6 Å². The van der Waals surface area contributed by atoms with Gasteiger partial charge in [-0.3, -0.25) is 4.72 Å². The molecule has 0 spiro atoms. The molecule has 100 valence electrons. The molecule has 0 bridgehead atoms. The predicted molar refractivity (Wildman–Crippen MR) is 76.3 cm³/mol. The summed E-state index contributed by atoms with van der Waals surface area (Å²) in [6.45, 7) is 0. The minimum absolute atomic E-state index is 0.195. The molecule has 0 fully saturated rings. The Morgan fingerprint density at radius 2 is 2.00 bits per heavy atom. The van der Waals surface area contributed by atoms with Crippen molar-refractivity contribution in [2.75, 3.05) is 10.5 Å². The van der Waals surface area contributed by atoms with E-state index in [1.54, 1.807) is 24.3 Å². The van der Waals surface area contributed by atoms with Gasteiger partial charge in [0.2, 0.25) is 10.0 Å². The van der Waals surface area contributed by atoms with Gasteiger partial charge in [0.25, 0.3) is 0 Å². The molecule has 1 aromatic heterocycles. The van der Waals surface area contributed by atoms with E-state index >= 15 is 0 Å². The number of hydrogen-bond acceptors (Lipinski definition) is 4. The maximum Gasteiger partial charge on any atom is 0.236 e. The maximum absolute atomic E-state index is 12.0. The van der Waals surface area contributed by atoms with Crippen LogP contribution in [0.5, 0.6) is 0 Å². The molecule has 2 rings (SSSR count). The summed E-state index contributed by atoms with van der Waals surface area (Å²) in [5, 5.41) is 0.222. The summed E-state index contributed by atoms with van der Waals surface area (Å²) in [5.41, 5.74) is 7.09. The molecule has 0 saturated heterocycles. The number of pyridine rings is 1. The molecule has 1 heterocycles. The minimum Gasteiger partial charge on any atom is -0.398 e. The molecule has 7 heteroatoms. The van der Waals surface area contributed by atoms with Gasteiger partial charge in [0, 0.05) is 11.9 Å². The van der Waals surface area contributed by atoms with Crippen LogP contribution in [0.2, 0.25) is 5.15 Å². The first-order valence-corrected chi connectivity index (χ1v) is 7.45. The van der Waals surface area contributed by atoms with Crippen LogP contribution in [-0.2, 0) is 15.8 Å². The lowest BCUT2D eigenvalue weighted by molar-refractivity contribution is 0.600. The summed E-state index contributed by atoms with van der Waals surface area (Å²) >= 11 is 5.69. The van der Waals surface area contributed by atoms with Crippen LogP contribution in [0.25, 0.3) is 0 Å². The van der Waals surface area contributed by atoms with E-state index < -0.39 is 10.0 Å². The maximum atomic E-state index is 12.0. The zero-order valence-corrected chi connectivity index (χ0v) is 11.4. The van der Waals surface area contributed by atoms with Crippen LogP contribution in [0.1, 0.15) is 5.56 Å². The molecule has 0 aliphatic carbocycles. The SMILES string of the molecule is Nc1ccccc1CS(=O)(=O)Nc1ccnc(Cl)c1. The zero-order valence-electron chi connectivity index (χ0n) is 9.88. The number of halogens is 1.